The van der Waals surface area contributed by atoms with Crippen LogP contribution in [-0.4, -0.2) is 13.7 Å². The molecule has 2 N–H and O–H groups in total. The fourth-order valence-corrected chi connectivity index (χ4v) is 1.56. The van der Waals surface area contributed by atoms with Gasteiger partial charge in [0.05, 0.1) is 7.11 Å². The smallest absolute Gasteiger partial charge is 0.131 e. The maximum absolute atomic E-state index is 13.3. The summed E-state index contributed by atoms with van der Waals surface area (Å²) < 4.78 is 19.0. The van der Waals surface area contributed by atoms with Crippen LogP contribution in [0.3, 0.4) is 0 Å². The SMILES string of the molecule is COc1cc(Br)cc(F)c1CCN. The molecule has 0 saturated heterocycles. The average molecular weight is 248 g/mol. The van der Waals surface area contributed by atoms with E-state index in [4.69, 9.17) is 10.5 Å². The fourth-order valence-electron chi connectivity index (χ4n) is 1.15. The van der Waals surface area contributed by atoms with Crippen LogP contribution in [0.2, 0.25) is 0 Å². The zero-order chi connectivity index (χ0) is 9.84. The van der Waals surface area contributed by atoms with Crippen LogP contribution in [0.15, 0.2) is 16.6 Å². The lowest BCUT2D eigenvalue weighted by atomic mass is 10.1. The first kappa shape index (κ1) is 10.5. The van der Waals surface area contributed by atoms with E-state index in [1.54, 1.807) is 6.07 Å². The van der Waals surface area contributed by atoms with Crippen molar-refractivity contribution in [3.63, 3.8) is 0 Å². The van der Waals surface area contributed by atoms with E-state index in [0.717, 1.165) is 0 Å². The molecule has 1 aromatic rings. The molecule has 0 atom stereocenters. The van der Waals surface area contributed by atoms with Gasteiger partial charge in [0.25, 0.3) is 0 Å². The standard InChI is InChI=1S/C9H11BrFNO/c1-13-9-5-6(10)4-8(11)7(9)2-3-12/h4-5H,2-3,12H2,1H3. The monoisotopic (exact) mass is 247 g/mol. The molecule has 0 unspecified atom stereocenters. The van der Waals surface area contributed by atoms with E-state index in [9.17, 15) is 4.39 Å². The molecule has 0 aromatic heterocycles. The summed E-state index contributed by atoms with van der Waals surface area (Å²) in [5.74, 6) is 0.258. The Bertz CT molecular complexity index is 304. The quantitative estimate of drug-likeness (QED) is 0.888. The topological polar surface area (TPSA) is 35.2 Å². The van der Waals surface area contributed by atoms with Gasteiger partial charge in [0, 0.05) is 10.0 Å². The minimum Gasteiger partial charge on any atom is -0.496 e. The lowest BCUT2D eigenvalue weighted by Crippen LogP contribution is -2.06. The Morgan fingerprint density at radius 3 is 2.77 bits per heavy atom. The first-order valence-electron chi connectivity index (χ1n) is 3.91. The molecule has 0 heterocycles. The van der Waals surface area contributed by atoms with Crippen molar-refractivity contribution in [3.8, 4) is 5.75 Å². The van der Waals surface area contributed by atoms with Crippen LogP contribution >= 0.6 is 15.9 Å². The molecule has 13 heavy (non-hydrogen) atoms. The molecule has 1 aromatic carbocycles. The van der Waals surface area contributed by atoms with Crippen LogP contribution in [0.4, 0.5) is 4.39 Å². The summed E-state index contributed by atoms with van der Waals surface area (Å²) in [6.07, 6.45) is 0.488. The van der Waals surface area contributed by atoms with E-state index in [1.807, 2.05) is 0 Å². The summed E-state index contributed by atoms with van der Waals surface area (Å²) >= 11 is 3.19. The second-order valence-corrected chi connectivity index (χ2v) is 3.52. The Balaban J connectivity index is 3.13. The van der Waals surface area contributed by atoms with E-state index in [1.165, 1.54) is 13.2 Å². The predicted octanol–water partition coefficient (Wildman–Crippen LogP) is 2.10. The van der Waals surface area contributed by atoms with Gasteiger partial charge in [-0.2, -0.15) is 0 Å². The predicted molar refractivity (Wildman–Crippen MR) is 53.4 cm³/mol. The van der Waals surface area contributed by atoms with Gasteiger partial charge in [0.2, 0.25) is 0 Å². The molecule has 4 heteroatoms. The van der Waals surface area contributed by atoms with Gasteiger partial charge >= 0.3 is 0 Å². The molecule has 0 aliphatic heterocycles. The maximum atomic E-state index is 13.3. The molecule has 1 rings (SSSR count). The Morgan fingerprint density at radius 1 is 1.54 bits per heavy atom. The van der Waals surface area contributed by atoms with Gasteiger partial charge in [-0.25, -0.2) is 4.39 Å². The van der Waals surface area contributed by atoms with Crippen molar-refractivity contribution in [1.82, 2.24) is 0 Å². The molecule has 0 aliphatic carbocycles. The zero-order valence-electron chi connectivity index (χ0n) is 7.31. The van der Waals surface area contributed by atoms with Crippen molar-refractivity contribution < 1.29 is 9.13 Å². The minimum absolute atomic E-state index is 0.281. The van der Waals surface area contributed by atoms with E-state index in [0.29, 0.717) is 28.8 Å². The van der Waals surface area contributed by atoms with Crippen molar-refractivity contribution in [2.24, 2.45) is 5.73 Å². The summed E-state index contributed by atoms with van der Waals surface area (Å²) in [6.45, 7) is 0.412. The lowest BCUT2D eigenvalue weighted by molar-refractivity contribution is 0.404. The third-order valence-electron chi connectivity index (χ3n) is 1.73. The highest BCUT2D eigenvalue weighted by atomic mass is 79.9. The third kappa shape index (κ3) is 2.42. The average Bonchev–Trinajstić information content (AvgIpc) is 2.09. The summed E-state index contributed by atoms with van der Waals surface area (Å²) in [5.41, 5.74) is 5.89. The molecular weight excluding hydrogens is 237 g/mol. The molecule has 0 bridgehead atoms. The van der Waals surface area contributed by atoms with Crippen molar-refractivity contribution in [2.75, 3.05) is 13.7 Å². The van der Waals surface area contributed by atoms with Crippen LogP contribution in [0.1, 0.15) is 5.56 Å². The van der Waals surface area contributed by atoms with E-state index >= 15 is 0 Å². The summed E-state index contributed by atoms with van der Waals surface area (Å²) in [4.78, 5) is 0. The van der Waals surface area contributed by atoms with Crippen molar-refractivity contribution >= 4 is 15.9 Å². The van der Waals surface area contributed by atoms with Gasteiger partial charge in [0.15, 0.2) is 0 Å². The largest absolute Gasteiger partial charge is 0.496 e. The van der Waals surface area contributed by atoms with Gasteiger partial charge in [0.1, 0.15) is 11.6 Å². The molecule has 0 fully saturated rings. The zero-order valence-corrected chi connectivity index (χ0v) is 8.90. The first-order chi connectivity index (χ1) is 6.19. The van der Waals surface area contributed by atoms with Crippen molar-refractivity contribution in [2.45, 2.75) is 6.42 Å². The Morgan fingerprint density at radius 2 is 2.23 bits per heavy atom. The molecular formula is C9H11BrFNO. The highest BCUT2D eigenvalue weighted by Gasteiger charge is 2.09. The maximum Gasteiger partial charge on any atom is 0.131 e. The van der Waals surface area contributed by atoms with Gasteiger partial charge in [-0.05, 0) is 25.1 Å². The number of ether oxygens (including phenoxy) is 1. The van der Waals surface area contributed by atoms with Gasteiger partial charge < -0.3 is 10.5 Å². The Labute approximate surface area is 85.0 Å². The Hall–Kier alpha value is -0.610. The molecule has 72 valence electrons. The summed E-state index contributed by atoms with van der Waals surface area (Å²) in [5, 5.41) is 0. The van der Waals surface area contributed by atoms with Gasteiger partial charge in [-0.3, -0.25) is 0 Å². The normalized spacial score (nSPS) is 10.2. The van der Waals surface area contributed by atoms with Crippen molar-refractivity contribution in [1.29, 1.82) is 0 Å². The van der Waals surface area contributed by atoms with Crippen LogP contribution in [-0.2, 0) is 6.42 Å². The second-order valence-electron chi connectivity index (χ2n) is 2.61. The highest BCUT2D eigenvalue weighted by molar-refractivity contribution is 9.10. The number of hydrogen-bond donors (Lipinski definition) is 1. The van der Waals surface area contributed by atoms with Crippen LogP contribution < -0.4 is 10.5 Å². The summed E-state index contributed by atoms with van der Waals surface area (Å²) in [6, 6.07) is 3.14. The van der Waals surface area contributed by atoms with Gasteiger partial charge in [-0.15, -0.1) is 0 Å². The van der Waals surface area contributed by atoms with Crippen LogP contribution in [0.5, 0.6) is 5.75 Å². The van der Waals surface area contributed by atoms with Crippen LogP contribution in [0.25, 0.3) is 0 Å². The molecule has 0 spiro atoms. The van der Waals surface area contributed by atoms with Crippen molar-refractivity contribution in [3.05, 3.63) is 28.0 Å². The van der Waals surface area contributed by atoms with E-state index < -0.39 is 0 Å². The first-order valence-corrected chi connectivity index (χ1v) is 4.70. The molecule has 0 saturated carbocycles. The lowest BCUT2D eigenvalue weighted by Gasteiger charge is -2.08. The number of rotatable bonds is 3. The molecule has 0 aliphatic rings. The molecule has 2 nitrogen and oxygen atoms in total. The number of halogens is 2. The minimum atomic E-state index is -0.281. The third-order valence-corrected chi connectivity index (χ3v) is 2.19. The highest BCUT2D eigenvalue weighted by Crippen LogP contribution is 2.26. The Kier molecular flexibility index (Phi) is 3.69. The number of methoxy groups -OCH3 is 1. The second kappa shape index (κ2) is 4.58. The fraction of sp³-hybridized carbons (Fsp3) is 0.333. The number of benzene rings is 1. The number of hydrogen-bond acceptors (Lipinski definition) is 2. The molecule has 0 radical (unpaired) electrons. The number of nitrogens with two attached hydrogens (primary N) is 1. The van der Waals surface area contributed by atoms with Crippen LogP contribution in [0, 0.1) is 5.82 Å². The van der Waals surface area contributed by atoms with E-state index in [2.05, 4.69) is 15.9 Å². The molecule has 0 amide bonds. The van der Waals surface area contributed by atoms with Gasteiger partial charge in [-0.1, -0.05) is 15.9 Å². The van der Waals surface area contributed by atoms with E-state index in [-0.39, 0.29) is 5.82 Å². The summed E-state index contributed by atoms with van der Waals surface area (Å²) in [7, 11) is 1.52.